The first-order valence-electron chi connectivity index (χ1n) is 6.24. The predicted molar refractivity (Wildman–Crippen MR) is 65.8 cm³/mol. The van der Waals surface area contributed by atoms with E-state index in [1.807, 2.05) is 10.6 Å². The van der Waals surface area contributed by atoms with Crippen LogP contribution < -0.4 is 5.32 Å². The molecule has 2 heterocycles. The zero-order chi connectivity index (χ0) is 11.7. The van der Waals surface area contributed by atoms with Gasteiger partial charge in [0.25, 0.3) is 0 Å². The summed E-state index contributed by atoms with van der Waals surface area (Å²) in [6, 6.07) is 0.522. The van der Waals surface area contributed by atoms with Gasteiger partial charge >= 0.3 is 0 Å². The number of hydrogen-bond acceptors (Lipinski definition) is 4. The molecular weight excluding hydrogens is 214 g/mol. The molecule has 90 valence electrons. The molecule has 2 aromatic heterocycles. The number of aromatic nitrogens is 4. The summed E-state index contributed by atoms with van der Waals surface area (Å²) >= 11 is 0. The Morgan fingerprint density at radius 1 is 1.41 bits per heavy atom. The smallest absolute Gasteiger partial charge is 0.203 e. The monoisotopic (exact) mass is 231 g/mol. The van der Waals surface area contributed by atoms with Gasteiger partial charge in [-0.15, -0.1) is 10.2 Å². The van der Waals surface area contributed by atoms with Crippen molar-refractivity contribution in [3.05, 3.63) is 18.7 Å². The molecule has 2 atom stereocenters. The summed E-state index contributed by atoms with van der Waals surface area (Å²) in [5, 5.41) is 11.5. The van der Waals surface area contributed by atoms with Gasteiger partial charge in [0.2, 0.25) is 5.65 Å². The highest BCUT2D eigenvalue weighted by molar-refractivity contribution is 5.61. The molecule has 1 saturated carbocycles. The topological polar surface area (TPSA) is 55.1 Å². The molecule has 1 aliphatic rings. The van der Waals surface area contributed by atoms with Crippen LogP contribution in [0.1, 0.15) is 32.6 Å². The van der Waals surface area contributed by atoms with Crippen LogP contribution in [0, 0.1) is 5.92 Å². The molecule has 17 heavy (non-hydrogen) atoms. The first kappa shape index (κ1) is 10.5. The van der Waals surface area contributed by atoms with Crippen molar-refractivity contribution in [2.45, 2.75) is 38.6 Å². The van der Waals surface area contributed by atoms with Crippen LogP contribution in [0.5, 0.6) is 0 Å². The molecule has 0 spiro atoms. The lowest BCUT2D eigenvalue weighted by atomic mass is 9.87. The van der Waals surface area contributed by atoms with Gasteiger partial charge in [-0.1, -0.05) is 19.8 Å². The van der Waals surface area contributed by atoms with E-state index < -0.39 is 0 Å². The van der Waals surface area contributed by atoms with E-state index in [1.54, 1.807) is 12.5 Å². The van der Waals surface area contributed by atoms with Crippen molar-refractivity contribution in [3.63, 3.8) is 0 Å². The highest BCUT2D eigenvalue weighted by Crippen LogP contribution is 2.26. The van der Waals surface area contributed by atoms with Gasteiger partial charge < -0.3 is 5.32 Å². The van der Waals surface area contributed by atoms with E-state index in [1.165, 1.54) is 25.7 Å². The first-order chi connectivity index (χ1) is 8.33. The van der Waals surface area contributed by atoms with E-state index in [4.69, 9.17) is 0 Å². The van der Waals surface area contributed by atoms with Crippen LogP contribution in [-0.4, -0.2) is 25.6 Å². The lowest BCUT2D eigenvalue weighted by Crippen LogP contribution is -2.26. The maximum atomic E-state index is 4.36. The number of rotatable bonds is 2. The van der Waals surface area contributed by atoms with Crippen LogP contribution in [-0.2, 0) is 0 Å². The van der Waals surface area contributed by atoms with Gasteiger partial charge in [-0.3, -0.25) is 4.40 Å². The van der Waals surface area contributed by atoms with E-state index in [-0.39, 0.29) is 0 Å². The minimum absolute atomic E-state index is 0.522. The molecule has 2 unspecified atom stereocenters. The highest BCUT2D eigenvalue weighted by Gasteiger charge is 2.19. The summed E-state index contributed by atoms with van der Waals surface area (Å²) in [5.41, 5.74) is 0.811. The molecule has 0 aromatic carbocycles. The van der Waals surface area contributed by atoms with Gasteiger partial charge in [0.15, 0.2) is 5.82 Å². The largest absolute Gasteiger partial charge is 0.364 e. The molecule has 5 nitrogen and oxygen atoms in total. The molecule has 5 heteroatoms. The fourth-order valence-corrected chi connectivity index (χ4v) is 2.62. The van der Waals surface area contributed by atoms with Crippen molar-refractivity contribution in [1.29, 1.82) is 0 Å². The SMILES string of the molecule is CC1CCCC(Nc2nccn3cnnc23)C1. The molecule has 0 saturated heterocycles. The van der Waals surface area contributed by atoms with Crippen molar-refractivity contribution in [2.24, 2.45) is 5.92 Å². The standard InChI is InChI=1S/C12H17N5/c1-9-3-2-4-10(7-9)15-11-12-16-14-8-17(12)6-5-13-11/h5-6,8-10H,2-4,7H2,1H3,(H,13,15). The number of anilines is 1. The Labute approximate surface area is 100 Å². The summed E-state index contributed by atoms with van der Waals surface area (Å²) in [7, 11) is 0. The molecule has 2 aromatic rings. The minimum Gasteiger partial charge on any atom is -0.364 e. The maximum Gasteiger partial charge on any atom is 0.203 e. The lowest BCUT2D eigenvalue weighted by Gasteiger charge is -2.27. The van der Waals surface area contributed by atoms with Crippen LogP contribution in [0.25, 0.3) is 5.65 Å². The lowest BCUT2D eigenvalue weighted by molar-refractivity contribution is 0.358. The number of nitrogens with one attached hydrogen (secondary N) is 1. The van der Waals surface area contributed by atoms with Crippen molar-refractivity contribution in [1.82, 2.24) is 19.6 Å². The number of fused-ring (bicyclic) bond motifs is 1. The fourth-order valence-electron chi connectivity index (χ4n) is 2.62. The average molecular weight is 231 g/mol. The van der Waals surface area contributed by atoms with E-state index in [2.05, 4.69) is 27.4 Å². The summed E-state index contributed by atoms with van der Waals surface area (Å²) in [6.45, 7) is 2.32. The Morgan fingerprint density at radius 3 is 3.24 bits per heavy atom. The summed E-state index contributed by atoms with van der Waals surface area (Å²) in [4.78, 5) is 4.36. The van der Waals surface area contributed by atoms with Crippen molar-refractivity contribution < 1.29 is 0 Å². The van der Waals surface area contributed by atoms with Gasteiger partial charge in [-0.05, 0) is 18.8 Å². The average Bonchev–Trinajstić information content (AvgIpc) is 2.78. The van der Waals surface area contributed by atoms with Gasteiger partial charge in [0.05, 0.1) is 0 Å². The number of hydrogen-bond donors (Lipinski definition) is 1. The van der Waals surface area contributed by atoms with E-state index in [0.717, 1.165) is 17.4 Å². The van der Waals surface area contributed by atoms with Crippen LogP contribution in [0.2, 0.25) is 0 Å². The second kappa shape index (κ2) is 4.31. The summed E-state index contributed by atoms with van der Waals surface area (Å²) < 4.78 is 1.89. The minimum atomic E-state index is 0.522. The molecule has 0 radical (unpaired) electrons. The molecule has 0 amide bonds. The quantitative estimate of drug-likeness (QED) is 0.860. The van der Waals surface area contributed by atoms with Crippen LogP contribution >= 0.6 is 0 Å². The van der Waals surface area contributed by atoms with Gasteiger partial charge in [0, 0.05) is 18.4 Å². The highest BCUT2D eigenvalue weighted by atomic mass is 15.2. The third kappa shape index (κ3) is 2.09. The number of nitrogens with zero attached hydrogens (tertiary/aromatic N) is 4. The van der Waals surface area contributed by atoms with Crippen molar-refractivity contribution in [2.75, 3.05) is 5.32 Å². The van der Waals surface area contributed by atoms with E-state index >= 15 is 0 Å². The summed E-state index contributed by atoms with van der Waals surface area (Å²) in [5.74, 6) is 1.66. The Balaban J connectivity index is 1.82. The molecule has 0 aliphatic heterocycles. The Hall–Kier alpha value is -1.65. The van der Waals surface area contributed by atoms with Gasteiger partial charge in [0.1, 0.15) is 6.33 Å². The Bertz CT molecular complexity index is 506. The Kier molecular flexibility index (Phi) is 2.66. The maximum absolute atomic E-state index is 4.36. The molecule has 1 aliphatic carbocycles. The van der Waals surface area contributed by atoms with Gasteiger partial charge in [-0.2, -0.15) is 0 Å². The molecule has 0 bridgehead atoms. The molecular formula is C12H17N5. The Morgan fingerprint density at radius 2 is 2.35 bits per heavy atom. The van der Waals surface area contributed by atoms with E-state index in [9.17, 15) is 0 Å². The predicted octanol–water partition coefficient (Wildman–Crippen LogP) is 2.11. The second-order valence-electron chi connectivity index (χ2n) is 4.95. The first-order valence-corrected chi connectivity index (χ1v) is 6.24. The normalized spacial score (nSPS) is 25.0. The zero-order valence-corrected chi connectivity index (χ0v) is 10.0. The van der Waals surface area contributed by atoms with Gasteiger partial charge in [-0.25, -0.2) is 4.98 Å². The molecule has 1 fully saturated rings. The summed E-state index contributed by atoms with van der Waals surface area (Å²) in [6.07, 6.45) is 10.4. The molecule has 1 N–H and O–H groups in total. The van der Waals surface area contributed by atoms with Crippen molar-refractivity contribution >= 4 is 11.5 Å². The van der Waals surface area contributed by atoms with Crippen molar-refractivity contribution in [3.8, 4) is 0 Å². The van der Waals surface area contributed by atoms with Crippen LogP contribution in [0.15, 0.2) is 18.7 Å². The van der Waals surface area contributed by atoms with E-state index in [0.29, 0.717) is 6.04 Å². The molecule has 3 rings (SSSR count). The third-order valence-corrected chi connectivity index (χ3v) is 3.49. The third-order valence-electron chi connectivity index (χ3n) is 3.49. The van der Waals surface area contributed by atoms with Crippen LogP contribution in [0.3, 0.4) is 0 Å². The fraction of sp³-hybridized carbons (Fsp3) is 0.583. The second-order valence-corrected chi connectivity index (χ2v) is 4.95. The van der Waals surface area contributed by atoms with Crippen LogP contribution in [0.4, 0.5) is 5.82 Å². The zero-order valence-electron chi connectivity index (χ0n) is 10.0.